The number of hydrogen-bond acceptors (Lipinski definition) is 1. The molecule has 0 radical (unpaired) electrons. The average molecular weight is 167 g/mol. The standard InChI is InChI=1S/C10H17NO/c12-9-8-10(11-9)6-4-2-1-3-5-7-10/h1-8H2,(H,11,12). The molecule has 1 aliphatic heterocycles. The number of carbonyl (C=O) groups excluding carboxylic acids is 1. The highest BCUT2D eigenvalue weighted by Crippen LogP contribution is 2.34. The third-order valence-corrected chi connectivity index (χ3v) is 3.21. The Morgan fingerprint density at radius 3 is 2.00 bits per heavy atom. The summed E-state index contributed by atoms with van der Waals surface area (Å²) < 4.78 is 0. The highest BCUT2D eigenvalue weighted by molar-refractivity contribution is 5.84. The van der Waals surface area contributed by atoms with Gasteiger partial charge in [-0.05, 0) is 12.8 Å². The van der Waals surface area contributed by atoms with E-state index < -0.39 is 0 Å². The summed E-state index contributed by atoms with van der Waals surface area (Å²) in [5, 5.41) is 3.09. The van der Waals surface area contributed by atoms with Crippen molar-refractivity contribution in [2.24, 2.45) is 0 Å². The van der Waals surface area contributed by atoms with Crippen molar-refractivity contribution in [1.29, 1.82) is 0 Å². The van der Waals surface area contributed by atoms with Gasteiger partial charge in [-0.2, -0.15) is 0 Å². The van der Waals surface area contributed by atoms with Gasteiger partial charge in [-0.1, -0.05) is 32.1 Å². The van der Waals surface area contributed by atoms with E-state index in [1.54, 1.807) is 0 Å². The van der Waals surface area contributed by atoms with E-state index in [9.17, 15) is 4.79 Å². The molecule has 1 saturated heterocycles. The minimum absolute atomic E-state index is 0.248. The van der Waals surface area contributed by atoms with E-state index in [0.717, 1.165) is 6.42 Å². The van der Waals surface area contributed by atoms with E-state index in [1.165, 1.54) is 44.9 Å². The Hall–Kier alpha value is -0.530. The molecule has 2 nitrogen and oxygen atoms in total. The third kappa shape index (κ3) is 1.47. The zero-order chi connectivity index (χ0) is 8.44. The fraction of sp³-hybridized carbons (Fsp3) is 0.900. The van der Waals surface area contributed by atoms with Gasteiger partial charge in [-0.25, -0.2) is 0 Å². The molecule has 2 rings (SSSR count). The van der Waals surface area contributed by atoms with Gasteiger partial charge in [0.1, 0.15) is 0 Å². The maximum atomic E-state index is 10.9. The molecule has 0 aromatic rings. The van der Waals surface area contributed by atoms with Crippen molar-refractivity contribution in [2.45, 2.75) is 56.9 Å². The first-order chi connectivity index (χ1) is 5.81. The van der Waals surface area contributed by atoms with E-state index in [2.05, 4.69) is 5.32 Å². The molecular formula is C10H17NO. The van der Waals surface area contributed by atoms with Gasteiger partial charge in [0.15, 0.2) is 0 Å². The predicted octanol–water partition coefficient (Wildman–Crippen LogP) is 1.99. The second-order valence-electron chi connectivity index (χ2n) is 4.27. The van der Waals surface area contributed by atoms with E-state index in [-0.39, 0.29) is 11.4 Å². The summed E-state index contributed by atoms with van der Waals surface area (Å²) in [6.07, 6.45) is 9.96. The van der Waals surface area contributed by atoms with Gasteiger partial charge >= 0.3 is 0 Å². The molecule has 0 unspecified atom stereocenters. The van der Waals surface area contributed by atoms with Gasteiger partial charge in [0.2, 0.25) is 5.91 Å². The van der Waals surface area contributed by atoms with Crippen LogP contribution in [0.3, 0.4) is 0 Å². The van der Waals surface area contributed by atoms with E-state index in [4.69, 9.17) is 0 Å². The lowest BCUT2D eigenvalue weighted by molar-refractivity contribution is -0.133. The number of carbonyl (C=O) groups is 1. The lowest BCUT2D eigenvalue weighted by Crippen LogP contribution is -2.60. The quantitative estimate of drug-likeness (QED) is 0.549. The summed E-state index contributed by atoms with van der Waals surface area (Å²) in [5.41, 5.74) is 0.248. The molecule has 0 aromatic heterocycles. The molecular weight excluding hydrogens is 150 g/mol. The van der Waals surface area contributed by atoms with Crippen LogP contribution in [-0.4, -0.2) is 11.4 Å². The van der Waals surface area contributed by atoms with Gasteiger partial charge < -0.3 is 5.32 Å². The van der Waals surface area contributed by atoms with Crippen LogP contribution in [0.15, 0.2) is 0 Å². The molecule has 2 fully saturated rings. The minimum atomic E-state index is 0.248. The molecule has 12 heavy (non-hydrogen) atoms. The van der Waals surface area contributed by atoms with Gasteiger partial charge in [0, 0.05) is 12.0 Å². The zero-order valence-electron chi connectivity index (χ0n) is 7.57. The van der Waals surface area contributed by atoms with Crippen LogP contribution < -0.4 is 5.32 Å². The SMILES string of the molecule is O=C1CC2(CCCCCCC2)N1. The fourth-order valence-electron chi connectivity index (χ4n) is 2.47. The number of amides is 1. The maximum absolute atomic E-state index is 10.9. The van der Waals surface area contributed by atoms with Crippen LogP contribution >= 0.6 is 0 Å². The van der Waals surface area contributed by atoms with E-state index >= 15 is 0 Å². The average Bonchev–Trinajstić information content (AvgIpc) is 1.92. The fourth-order valence-corrected chi connectivity index (χ4v) is 2.47. The first-order valence-corrected chi connectivity index (χ1v) is 5.12. The molecule has 1 saturated carbocycles. The number of nitrogens with one attached hydrogen (secondary N) is 1. The van der Waals surface area contributed by atoms with Crippen molar-refractivity contribution in [3.05, 3.63) is 0 Å². The molecule has 68 valence electrons. The summed E-state index contributed by atoms with van der Waals surface area (Å²) in [4.78, 5) is 10.9. The number of β-lactam (4-membered cyclic amide) rings is 1. The summed E-state index contributed by atoms with van der Waals surface area (Å²) >= 11 is 0. The lowest BCUT2D eigenvalue weighted by Gasteiger charge is -2.43. The Kier molecular flexibility index (Phi) is 2.07. The molecule has 1 aliphatic carbocycles. The molecule has 0 bridgehead atoms. The van der Waals surface area contributed by atoms with Crippen molar-refractivity contribution in [2.75, 3.05) is 0 Å². The van der Waals surface area contributed by atoms with E-state index in [0.29, 0.717) is 0 Å². The zero-order valence-corrected chi connectivity index (χ0v) is 7.57. The summed E-state index contributed by atoms with van der Waals surface area (Å²) in [6, 6.07) is 0. The van der Waals surface area contributed by atoms with Crippen LogP contribution in [0.25, 0.3) is 0 Å². The second kappa shape index (κ2) is 3.08. The van der Waals surface area contributed by atoms with Crippen LogP contribution in [0, 0.1) is 0 Å². The smallest absolute Gasteiger partial charge is 0.222 e. The van der Waals surface area contributed by atoms with Crippen LogP contribution in [0.4, 0.5) is 0 Å². The largest absolute Gasteiger partial charge is 0.350 e. The Morgan fingerprint density at radius 2 is 1.50 bits per heavy atom. The molecule has 1 spiro atoms. The number of hydrogen-bond donors (Lipinski definition) is 1. The van der Waals surface area contributed by atoms with Crippen molar-refractivity contribution in [1.82, 2.24) is 5.32 Å². The normalized spacial score (nSPS) is 28.5. The second-order valence-corrected chi connectivity index (χ2v) is 4.27. The van der Waals surface area contributed by atoms with Gasteiger partial charge in [-0.3, -0.25) is 4.79 Å². The van der Waals surface area contributed by atoms with Crippen molar-refractivity contribution < 1.29 is 4.79 Å². The molecule has 2 aliphatic rings. The van der Waals surface area contributed by atoms with Crippen LogP contribution in [-0.2, 0) is 4.79 Å². The molecule has 2 heteroatoms. The lowest BCUT2D eigenvalue weighted by atomic mass is 9.76. The van der Waals surface area contributed by atoms with Gasteiger partial charge in [0.25, 0.3) is 0 Å². The molecule has 1 N–H and O–H groups in total. The summed E-state index contributed by atoms with van der Waals surface area (Å²) in [6.45, 7) is 0. The Morgan fingerprint density at radius 1 is 1.00 bits per heavy atom. The molecule has 1 amide bonds. The summed E-state index contributed by atoms with van der Waals surface area (Å²) in [7, 11) is 0. The van der Waals surface area contributed by atoms with Crippen molar-refractivity contribution >= 4 is 5.91 Å². The van der Waals surface area contributed by atoms with E-state index in [1.807, 2.05) is 0 Å². The molecule has 0 atom stereocenters. The minimum Gasteiger partial charge on any atom is -0.350 e. The van der Waals surface area contributed by atoms with Crippen LogP contribution in [0.5, 0.6) is 0 Å². The highest BCUT2D eigenvalue weighted by Gasteiger charge is 2.41. The third-order valence-electron chi connectivity index (χ3n) is 3.21. The molecule has 0 aromatic carbocycles. The van der Waals surface area contributed by atoms with Crippen molar-refractivity contribution in [3.63, 3.8) is 0 Å². The van der Waals surface area contributed by atoms with Gasteiger partial charge in [-0.15, -0.1) is 0 Å². The Balaban J connectivity index is 1.90. The topological polar surface area (TPSA) is 29.1 Å². The van der Waals surface area contributed by atoms with Crippen LogP contribution in [0.2, 0.25) is 0 Å². The Bertz CT molecular complexity index is 170. The first kappa shape index (κ1) is 8.09. The highest BCUT2D eigenvalue weighted by atomic mass is 16.2. The van der Waals surface area contributed by atoms with Gasteiger partial charge in [0.05, 0.1) is 0 Å². The predicted molar refractivity (Wildman–Crippen MR) is 47.8 cm³/mol. The first-order valence-electron chi connectivity index (χ1n) is 5.12. The molecule has 1 heterocycles. The number of rotatable bonds is 0. The Labute approximate surface area is 73.7 Å². The van der Waals surface area contributed by atoms with Crippen LogP contribution in [0.1, 0.15) is 51.4 Å². The monoisotopic (exact) mass is 167 g/mol. The van der Waals surface area contributed by atoms with Crippen molar-refractivity contribution in [3.8, 4) is 0 Å². The summed E-state index contributed by atoms with van der Waals surface area (Å²) in [5.74, 6) is 0.260. The maximum Gasteiger partial charge on any atom is 0.222 e.